The Kier molecular flexibility index (Phi) is 5.52. The number of pyridine rings is 1. The Morgan fingerprint density at radius 2 is 1.86 bits per heavy atom. The number of imidazole rings is 1. The van der Waals surface area contributed by atoms with Crippen LogP contribution in [0.4, 0.5) is 5.69 Å². The summed E-state index contributed by atoms with van der Waals surface area (Å²) >= 11 is 0. The Hall–Kier alpha value is -4.01. The molecule has 0 spiro atoms. The molecule has 0 atom stereocenters. The predicted molar refractivity (Wildman–Crippen MR) is 135 cm³/mol. The van der Waals surface area contributed by atoms with Crippen LogP contribution in [0.5, 0.6) is 0 Å². The molecule has 0 amide bonds. The second-order valence-corrected chi connectivity index (χ2v) is 9.08. The Morgan fingerprint density at radius 3 is 2.60 bits per heavy atom. The number of benzene rings is 1. The largest absolute Gasteiger partial charge is 0.376 e. The molecule has 9 nitrogen and oxygen atoms in total. The highest BCUT2D eigenvalue weighted by Crippen LogP contribution is 2.35. The van der Waals surface area contributed by atoms with Gasteiger partial charge in [-0.05, 0) is 37.5 Å². The van der Waals surface area contributed by atoms with Crippen LogP contribution in [0, 0.1) is 0 Å². The molecule has 0 saturated heterocycles. The zero-order valence-electron chi connectivity index (χ0n) is 19.8. The van der Waals surface area contributed by atoms with Gasteiger partial charge in [-0.2, -0.15) is 9.50 Å². The SMILES string of the molecule is CCn1c(=O)c2nc(C3CCCC3)n(Cc3ccccc3)c2n2nc(CNc3cccnc3)nc12. The number of fused-ring (bicyclic) bond motifs is 3. The summed E-state index contributed by atoms with van der Waals surface area (Å²) < 4.78 is 5.68. The molecule has 1 aliphatic carbocycles. The van der Waals surface area contributed by atoms with Gasteiger partial charge in [-0.1, -0.05) is 43.2 Å². The summed E-state index contributed by atoms with van der Waals surface area (Å²) in [6.45, 7) is 3.51. The third kappa shape index (κ3) is 3.86. The highest BCUT2D eigenvalue weighted by atomic mass is 16.1. The lowest BCUT2D eigenvalue weighted by Crippen LogP contribution is -2.23. The van der Waals surface area contributed by atoms with Gasteiger partial charge in [-0.15, -0.1) is 5.10 Å². The average molecular weight is 469 g/mol. The second kappa shape index (κ2) is 8.98. The molecule has 0 unspecified atom stereocenters. The molecule has 5 aromatic rings. The molecule has 4 aromatic heterocycles. The molecule has 9 heteroatoms. The van der Waals surface area contributed by atoms with Crippen molar-refractivity contribution in [3.8, 4) is 0 Å². The third-order valence-corrected chi connectivity index (χ3v) is 6.83. The lowest BCUT2D eigenvalue weighted by Gasteiger charge is -2.14. The van der Waals surface area contributed by atoms with Crippen LogP contribution in [0.25, 0.3) is 16.9 Å². The summed E-state index contributed by atoms with van der Waals surface area (Å²) in [4.78, 5) is 27.4. The van der Waals surface area contributed by atoms with Crippen LogP contribution in [0.2, 0.25) is 0 Å². The van der Waals surface area contributed by atoms with E-state index in [1.165, 1.54) is 12.8 Å². The topological polar surface area (TPSA) is 94.9 Å². The highest BCUT2D eigenvalue weighted by Gasteiger charge is 2.28. The predicted octanol–water partition coefficient (Wildman–Crippen LogP) is 3.97. The van der Waals surface area contributed by atoms with Gasteiger partial charge in [-0.25, -0.2) is 4.98 Å². The Labute approximate surface area is 202 Å². The average Bonchev–Trinajstić information content (AvgIpc) is 3.63. The van der Waals surface area contributed by atoms with E-state index in [1.54, 1.807) is 17.0 Å². The second-order valence-electron chi connectivity index (χ2n) is 9.08. The maximum atomic E-state index is 13.6. The van der Waals surface area contributed by atoms with Gasteiger partial charge in [0.05, 0.1) is 18.8 Å². The van der Waals surface area contributed by atoms with E-state index in [9.17, 15) is 4.79 Å². The first-order chi connectivity index (χ1) is 17.2. The molecule has 6 rings (SSSR count). The van der Waals surface area contributed by atoms with Gasteiger partial charge in [0, 0.05) is 24.9 Å². The molecule has 178 valence electrons. The molecule has 0 radical (unpaired) electrons. The van der Waals surface area contributed by atoms with E-state index >= 15 is 0 Å². The van der Waals surface area contributed by atoms with Crippen molar-refractivity contribution in [2.24, 2.45) is 0 Å². The maximum Gasteiger partial charge on any atom is 0.283 e. The third-order valence-electron chi connectivity index (χ3n) is 6.83. The van der Waals surface area contributed by atoms with Crippen LogP contribution in [0.3, 0.4) is 0 Å². The molecule has 1 saturated carbocycles. The number of nitrogens with one attached hydrogen (secondary N) is 1. The summed E-state index contributed by atoms with van der Waals surface area (Å²) in [6.07, 6.45) is 8.09. The zero-order chi connectivity index (χ0) is 23.8. The van der Waals surface area contributed by atoms with E-state index in [-0.39, 0.29) is 5.56 Å². The number of rotatable bonds is 7. The van der Waals surface area contributed by atoms with Gasteiger partial charge in [-0.3, -0.25) is 14.3 Å². The number of hydrogen-bond acceptors (Lipinski definition) is 6. The summed E-state index contributed by atoms with van der Waals surface area (Å²) in [5.41, 5.74) is 3.13. The van der Waals surface area contributed by atoms with Crippen LogP contribution in [0.1, 0.15) is 55.7 Å². The van der Waals surface area contributed by atoms with Crippen molar-refractivity contribution in [2.45, 2.75) is 58.2 Å². The Bertz CT molecular complexity index is 1530. The van der Waals surface area contributed by atoms with Crippen molar-refractivity contribution < 1.29 is 0 Å². The van der Waals surface area contributed by atoms with Crippen LogP contribution in [-0.2, 0) is 19.6 Å². The maximum absolute atomic E-state index is 13.6. The summed E-state index contributed by atoms with van der Waals surface area (Å²) in [5, 5.41) is 8.17. The highest BCUT2D eigenvalue weighted by molar-refractivity contribution is 5.74. The van der Waals surface area contributed by atoms with E-state index in [0.29, 0.717) is 42.7 Å². The number of anilines is 1. The molecule has 35 heavy (non-hydrogen) atoms. The summed E-state index contributed by atoms with van der Waals surface area (Å²) in [5.74, 6) is 2.49. The first kappa shape index (κ1) is 21.5. The lowest BCUT2D eigenvalue weighted by atomic mass is 10.1. The van der Waals surface area contributed by atoms with E-state index in [1.807, 2.05) is 41.8 Å². The van der Waals surface area contributed by atoms with Gasteiger partial charge in [0.25, 0.3) is 5.56 Å². The zero-order valence-corrected chi connectivity index (χ0v) is 19.8. The molecule has 1 aliphatic rings. The first-order valence-electron chi connectivity index (χ1n) is 12.3. The normalized spacial score (nSPS) is 14.3. The quantitative estimate of drug-likeness (QED) is 0.388. The number of aromatic nitrogens is 7. The van der Waals surface area contributed by atoms with Crippen LogP contribution in [-0.4, -0.2) is 33.7 Å². The van der Waals surface area contributed by atoms with Crippen molar-refractivity contribution in [2.75, 3.05) is 5.32 Å². The van der Waals surface area contributed by atoms with Crippen molar-refractivity contribution in [3.05, 3.63) is 82.4 Å². The van der Waals surface area contributed by atoms with Gasteiger partial charge in [0.15, 0.2) is 17.0 Å². The Morgan fingerprint density at radius 1 is 1.03 bits per heavy atom. The van der Waals surface area contributed by atoms with E-state index < -0.39 is 0 Å². The van der Waals surface area contributed by atoms with E-state index in [0.717, 1.165) is 35.6 Å². The fraction of sp³-hybridized carbons (Fsp3) is 0.346. The van der Waals surface area contributed by atoms with Gasteiger partial charge in [0.1, 0.15) is 5.82 Å². The molecule has 1 N–H and O–H groups in total. The minimum atomic E-state index is -0.111. The fourth-order valence-corrected chi connectivity index (χ4v) is 5.13. The number of nitrogens with zero attached hydrogens (tertiary/aromatic N) is 7. The van der Waals surface area contributed by atoms with Crippen molar-refractivity contribution in [3.63, 3.8) is 0 Å². The van der Waals surface area contributed by atoms with Crippen LogP contribution >= 0.6 is 0 Å². The van der Waals surface area contributed by atoms with Crippen LogP contribution in [0.15, 0.2) is 59.7 Å². The fourth-order valence-electron chi connectivity index (χ4n) is 5.13. The standard InChI is InChI=1S/C26H28N8O/c1-2-32-25(35)22-24(34-26(32)29-21(31-34)16-28-20-13-8-14-27-15-20)33(17-18-9-4-3-5-10-18)23(30-22)19-11-6-7-12-19/h3-5,8-10,13-15,19,28H,2,6-7,11-12,16-17H2,1H3. The van der Waals surface area contributed by atoms with Crippen LogP contribution < -0.4 is 10.9 Å². The Balaban J connectivity index is 1.54. The van der Waals surface area contributed by atoms with Crippen molar-refractivity contribution >= 4 is 22.6 Å². The minimum absolute atomic E-state index is 0.111. The summed E-state index contributed by atoms with van der Waals surface area (Å²) in [6, 6.07) is 14.2. The van der Waals surface area contributed by atoms with Gasteiger partial charge in [0.2, 0.25) is 5.78 Å². The first-order valence-corrected chi connectivity index (χ1v) is 12.3. The van der Waals surface area contributed by atoms with Gasteiger partial charge >= 0.3 is 0 Å². The molecule has 1 aromatic carbocycles. The van der Waals surface area contributed by atoms with Crippen molar-refractivity contribution in [1.82, 2.24) is 33.7 Å². The molecule has 1 fully saturated rings. The number of aryl methyl sites for hydroxylation is 1. The smallest absolute Gasteiger partial charge is 0.283 e. The molecular formula is C26H28N8O. The van der Waals surface area contributed by atoms with Gasteiger partial charge < -0.3 is 9.88 Å². The molecule has 4 heterocycles. The molecule has 0 bridgehead atoms. The van der Waals surface area contributed by atoms with Crippen molar-refractivity contribution in [1.29, 1.82) is 0 Å². The lowest BCUT2D eigenvalue weighted by molar-refractivity contribution is 0.613. The molecular weight excluding hydrogens is 440 g/mol. The monoisotopic (exact) mass is 468 g/mol. The minimum Gasteiger partial charge on any atom is -0.376 e. The summed E-state index contributed by atoms with van der Waals surface area (Å²) in [7, 11) is 0. The number of hydrogen-bond donors (Lipinski definition) is 1. The molecule has 0 aliphatic heterocycles. The van der Waals surface area contributed by atoms with E-state index in [2.05, 4.69) is 27.0 Å². The van der Waals surface area contributed by atoms with E-state index in [4.69, 9.17) is 15.1 Å².